The molecule has 0 bridgehead atoms. The number of carboxylic acid groups (broad SMARTS) is 1. The Kier molecular flexibility index (Phi) is 5.11. The molecule has 0 saturated carbocycles. The first-order chi connectivity index (χ1) is 13.5. The Balaban J connectivity index is 1.38. The zero-order valence-corrected chi connectivity index (χ0v) is 15.6. The molecule has 1 unspecified atom stereocenters. The van der Waals surface area contributed by atoms with Gasteiger partial charge in [0.15, 0.2) is 11.5 Å². The maximum atomic E-state index is 12.9. The summed E-state index contributed by atoms with van der Waals surface area (Å²) in [6.07, 6.45) is 1.75. The third-order valence-corrected chi connectivity index (χ3v) is 5.70. The predicted molar refractivity (Wildman–Crippen MR) is 99.4 cm³/mol. The van der Waals surface area contributed by atoms with Crippen LogP contribution in [0.2, 0.25) is 0 Å². The lowest BCUT2D eigenvalue weighted by molar-refractivity contribution is -0.139. The molecule has 4 rings (SSSR count). The molecule has 1 aromatic carbocycles. The number of hydrogen-bond acceptors (Lipinski definition) is 5. The first-order valence-electron chi connectivity index (χ1n) is 9.72. The number of anilines is 1. The lowest BCUT2D eigenvalue weighted by Gasteiger charge is -2.33. The lowest BCUT2D eigenvalue weighted by atomic mass is 9.92. The molecule has 2 fully saturated rings. The fourth-order valence-electron chi connectivity index (χ4n) is 4.19. The molecule has 150 valence electrons. The van der Waals surface area contributed by atoms with Crippen LogP contribution in [0.3, 0.4) is 0 Å². The number of amides is 2. The maximum absolute atomic E-state index is 12.9. The second kappa shape index (κ2) is 7.69. The number of rotatable bonds is 4. The van der Waals surface area contributed by atoms with Gasteiger partial charge in [-0.05, 0) is 30.9 Å². The monoisotopic (exact) mass is 388 g/mol. The van der Waals surface area contributed by atoms with E-state index >= 15 is 0 Å². The van der Waals surface area contributed by atoms with Crippen molar-refractivity contribution in [2.45, 2.75) is 25.7 Å². The number of nitrogens with zero attached hydrogens (tertiary/aromatic N) is 2. The van der Waals surface area contributed by atoms with Crippen molar-refractivity contribution in [3.05, 3.63) is 18.2 Å². The van der Waals surface area contributed by atoms with Gasteiger partial charge in [-0.15, -0.1) is 0 Å². The van der Waals surface area contributed by atoms with Crippen molar-refractivity contribution >= 4 is 23.5 Å². The molecule has 8 heteroatoms. The van der Waals surface area contributed by atoms with Gasteiger partial charge in [-0.1, -0.05) is 0 Å². The van der Waals surface area contributed by atoms with Crippen molar-refractivity contribution in [1.82, 2.24) is 4.90 Å². The molecular formula is C20H24N2O6. The SMILES string of the molecule is O=C(O)CC1CCN(C(=O)C2CC(=O)N(c3ccc4c(c3)OCCO4)C2)CC1. The van der Waals surface area contributed by atoms with Crippen molar-refractivity contribution in [2.75, 3.05) is 37.7 Å². The van der Waals surface area contributed by atoms with Crippen LogP contribution < -0.4 is 14.4 Å². The highest BCUT2D eigenvalue weighted by atomic mass is 16.6. The van der Waals surface area contributed by atoms with E-state index in [4.69, 9.17) is 14.6 Å². The number of hydrogen-bond donors (Lipinski definition) is 1. The van der Waals surface area contributed by atoms with E-state index in [1.165, 1.54) is 0 Å². The molecular weight excluding hydrogens is 364 g/mol. The van der Waals surface area contributed by atoms with Crippen LogP contribution in [0.5, 0.6) is 11.5 Å². The topological polar surface area (TPSA) is 96.4 Å². The summed E-state index contributed by atoms with van der Waals surface area (Å²) in [6.45, 7) is 2.46. The number of piperidine rings is 1. The van der Waals surface area contributed by atoms with Crippen molar-refractivity contribution in [3.63, 3.8) is 0 Å². The number of carbonyl (C=O) groups is 3. The summed E-state index contributed by atoms with van der Waals surface area (Å²) in [7, 11) is 0. The number of aliphatic carboxylic acids is 1. The lowest BCUT2D eigenvalue weighted by Crippen LogP contribution is -2.42. The summed E-state index contributed by atoms with van der Waals surface area (Å²) in [4.78, 5) is 39.7. The van der Waals surface area contributed by atoms with Gasteiger partial charge in [0.25, 0.3) is 0 Å². The average Bonchev–Trinajstić information content (AvgIpc) is 3.09. The molecule has 28 heavy (non-hydrogen) atoms. The zero-order valence-electron chi connectivity index (χ0n) is 15.6. The van der Waals surface area contributed by atoms with Crippen LogP contribution in [0.25, 0.3) is 0 Å². The van der Waals surface area contributed by atoms with Crippen molar-refractivity contribution < 1.29 is 29.0 Å². The first kappa shape index (κ1) is 18.6. The van der Waals surface area contributed by atoms with Gasteiger partial charge in [0.05, 0.1) is 5.92 Å². The molecule has 0 aromatic heterocycles. The van der Waals surface area contributed by atoms with Crippen LogP contribution in [-0.2, 0) is 14.4 Å². The third kappa shape index (κ3) is 3.76. The average molecular weight is 388 g/mol. The minimum Gasteiger partial charge on any atom is -0.486 e. The number of benzene rings is 1. The van der Waals surface area contributed by atoms with Crippen LogP contribution in [0.1, 0.15) is 25.7 Å². The van der Waals surface area contributed by atoms with Gasteiger partial charge in [0.1, 0.15) is 13.2 Å². The van der Waals surface area contributed by atoms with E-state index in [2.05, 4.69) is 0 Å². The Morgan fingerprint density at radius 1 is 1.11 bits per heavy atom. The van der Waals surface area contributed by atoms with Crippen molar-refractivity contribution in [2.24, 2.45) is 11.8 Å². The van der Waals surface area contributed by atoms with E-state index in [-0.39, 0.29) is 36.5 Å². The fraction of sp³-hybridized carbons (Fsp3) is 0.550. The highest BCUT2D eigenvalue weighted by Crippen LogP contribution is 2.36. The molecule has 2 saturated heterocycles. The Labute approximate surface area is 163 Å². The van der Waals surface area contributed by atoms with Gasteiger partial charge in [-0.3, -0.25) is 14.4 Å². The van der Waals surface area contributed by atoms with Crippen LogP contribution in [-0.4, -0.2) is 60.6 Å². The second-order valence-electron chi connectivity index (χ2n) is 7.60. The molecule has 0 aliphatic carbocycles. The second-order valence-corrected chi connectivity index (χ2v) is 7.60. The van der Waals surface area contributed by atoms with Gasteiger partial charge in [0.2, 0.25) is 11.8 Å². The normalized spacial score (nSPS) is 22.4. The molecule has 0 radical (unpaired) electrons. The number of carbonyl (C=O) groups excluding carboxylic acids is 2. The van der Waals surface area contributed by atoms with E-state index < -0.39 is 5.97 Å². The Bertz CT molecular complexity index is 787. The molecule has 8 nitrogen and oxygen atoms in total. The molecule has 1 aromatic rings. The zero-order chi connectivity index (χ0) is 19.7. The summed E-state index contributed by atoms with van der Waals surface area (Å²) in [5.41, 5.74) is 0.713. The summed E-state index contributed by atoms with van der Waals surface area (Å²) in [5.74, 6) is 0.169. The molecule has 1 atom stereocenters. The molecule has 2 amide bonds. The highest BCUT2D eigenvalue weighted by Gasteiger charge is 2.38. The molecule has 3 aliphatic rings. The third-order valence-electron chi connectivity index (χ3n) is 5.70. The maximum Gasteiger partial charge on any atom is 0.303 e. The highest BCUT2D eigenvalue weighted by molar-refractivity contribution is 6.00. The Morgan fingerprint density at radius 3 is 2.54 bits per heavy atom. The Hall–Kier alpha value is -2.77. The van der Waals surface area contributed by atoms with E-state index in [1.54, 1.807) is 21.9 Å². The standard InChI is InChI=1S/C20H24N2O6/c23-18-10-14(20(26)21-5-3-13(4-6-21)9-19(24)25)12-22(18)15-1-2-16-17(11-15)28-8-7-27-16/h1-2,11,13-14H,3-10,12H2,(H,24,25). The molecule has 3 heterocycles. The van der Waals surface area contributed by atoms with Crippen LogP contribution in [0.4, 0.5) is 5.69 Å². The van der Waals surface area contributed by atoms with Gasteiger partial charge in [0, 0.05) is 44.2 Å². The van der Waals surface area contributed by atoms with E-state index in [0.29, 0.717) is 62.9 Å². The summed E-state index contributed by atoms with van der Waals surface area (Å²) in [5, 5.41) is 8.91. The van der Waals surface area contributed by atoms with E-state index in [0.717, 1.165) is 0 Å². The molecule has 1 N–H and O–H groups in total. The summed E-state index contributed by atoms with van der Waals surface area (Å²) < 4.78 is 11.1. The van der Waals surface area contributed by atoms with Crippen LogP contribution >= 0.6 is 0 Å². The minimum atomic E-state index is -0.791. The minimum absolute atomic E-state index is 0.0119. The smallest absolute Gasteiger partial charge is 0.303 e. The predicted octanol–water partition coefficient (Wildman–Crippen LogP) is 1.52. The van der Waals surface area contributed by atoms with Gasteiger partial charge in [-0.25, -0.2) is 0 Å². The van der Waals surface area contributed by atoms with Gasteiger partial charge >= 0.3 is 5.97 Å². The van der Waals surface area contributed by atoms with Crippen molar-refractivity contribution in [1.29, 1.82) is 0 Å². The Morgan fingerprint density at radius 2 is 1.82 bits per heavy atom. The van der Waals surface area contributed by atoms with Crippen LogP contribution in [0.15, 0.2) is 18.2 Å². The van der Waals surface area contributed by atoms with Crippen molar-refractivity contribution in [3.8, 4) is 11.5 Å². The van der Waals surface area contributed by atoms with Gasteiger partial charge < -0.3 is 24.4 Å². The van der Waals surface area contributed by atoms with Gasteiger partial charge in [-0.2, -0.15) is 0 Å². The summed E-state index contributed by atoms with van der Waals surface area (Å²) >= 11 is 0. The van der Waals surface area contributed by atoms with E-state index in [1.807, 2.05) is 6.07 Å². The number of ether oxygens (including phenoxy) is 2. The molecule has 3 aliphatic heterocycles. The number of carboxylic acids is 1. The quantitative estimate of drug-likeness (QED) is 0.840. The largest absolute Gasteiger partial charge is 0.486 e. The number of likely N-dealkylation sites (tertiary alicyclic amines) is 1. The number of fused-ring (bicyclic) bond motifs is 1. The summed E-state index contributed by atoms with van der Waals surface area (Å²) in [6, 6.07) is 5.39. The van der Waals surface area contributed by atoms with E-state index in [9.17, 15) is 14.4 Å². The fourth-order valence-corrected chi connectivity index (χ4v) is 4.19. The molecule has 0 spiro atoms. The van der Waals surface area contributed by atoms with Crippen LogP contribution in [0, 0.1) is 11.8 Å². The first-order valence-corrected chi connectivity index (χ1v) is 9.72.